The zero-order valence-electron chi connectivity index (χ0n) is 12.5. The molecule has 2 atom stereocenters. The van der Waals surface area contributed by atoms with E-state index in [-0.39, 0.29) is 11.9 Å². The summed E-state index contributed by atoms with van der Waals surface area (Å²) in [7, 11) is 0. The maximum absolute atomic E-state index is 12.7. The lowest BCUT2D eigenvalue weighted by molar-refractivity contribution is 0.0748. The van der Waals surface area contributed by atoms with Crippen LogP contribution in [0.2, 0.25) is 0 Å². The summed E-state index contributed by atoms with van der Waals surface area (Å²) in [5.74, 6) is 0.571. The highest BCUT2D eigenvalue weighted by Gasteiger charge is 2.32. The molecule has 2 unspecified atom stereocenters. The highest BCUT2D eigenvalue weighted by molar-refractivity contribution is 9.10. The van der Waals surface area contributed by atoms with Gasteiger partial charge < -0.3 is 10.6 Å². The maximum Gasteiger partial charge on any atom is 0.264 e. The van der Waals surface area contributed by atoms with Crippen molar-refractivity contribution in [2.45, 2.75) is 19.4 Å². The van der Waals surface area contributed by atoms with Crippen molar-refractivity contribution >= 4 is 33.2 Å². The number of rotatable bonds is 3. The number of halogens is 1. The summed E-state index contributed by atoms with van der Waals surface area (Å²) in [6.07, 6.45) is 1.01. The third kappa shape index (κ3) is 3.12. The molecule has 3 rings (SSSR count). The van der Waals surface area contributed by atoms with Crippen molar-refractivity contribution in [3.63, 3.8) is 0 Å². The molecule has 2 N–H and O–H groups in total. The maximum atomic E-state index is 12.7. The summed E-state index contributed by atoms with van der Waals surface area (Å²) < 4.78 is 1.06. The normalized spacial score (nSPS) is 21.3. The standard InChI is InChI=1S/C17H19BrN2OS/c1-11-8-12(9-19)10-20(11)17(21)16-7-6-15(22-16)13-2-4-14(18)5-3-13/h2-7,11-12H,8-10,19H2,1H3. The Morgan fingerprint density at radius 1 is 1.32 bits per heavy atom. The first-order chi connectivity index (χ1) is 10.6. The molecule has 1 saturated heterocycles. The molecule has 1 fully saturated rings. The molecular weight excluding hydrogens is 360 g/mol. The quantitative estimate of drug-likeness (QED) is 0.877. The lowest BCUT2D eigenvalue weighted by atomic mass is 10.1. The van der Waals surface area contributed by atoms with Gasteiger partial charge in [-0.05, 0) is 55.6 Å². The third-order valence-electron chi connectivity index (χ3n) is 4.20. The second kappa shape index (κ2) is 6.52. The van der Waals surface area contributed by atoms with Gasteiger partial charge in [0, 0.05) is 21.9 Å². The van der Waals surface area contributed by atoms with E-state index in [1.54, 1.807) is 11.3 Å². The molecule has 0 aliphatic carbocycles. The predicted octanol–water partition coefficient (Wildman–Crippen LogP) is 3.99. The first-order valence-corrected chi connectivity index (χ1v) is 9.06. The van der Waals surface area contributed by atoms with Gasteiger partial charge in [0.2, 0.25) is 0 Å². The number of hydrogen-bond acceptors (Lipinski definition) is 3. The summed E-state index contributed by atoms with van der Waals surface area (Å²) in [4.78, 5) is 16.6. The Labute approximate surface area is 143 Å². The van der Waals surface area contributed by atoms with E-state index in [1.807, 2.05) is 29.2 Å². The SMILES string of the molecule is CC1CC(CN)CN1C(=O)c1ccc(-c2ccc(Br)cc2)s1. The van der Waals surface area contributed by atoms with Crippen molar-refractivity contribution < 1.29 is 4.79 Å². The van der Waals surface area contributed by atoms with Gasteiger partial charge in [-0.3, -0.25) is 4.79 Å². The van der Waals surface area contributed by atoms with Gasteiger partial charge in [-0.2, -0.15) is 0 Å². The van der Waals surface area contributed by atoms with Gasteiger partial charge in [0.15, 0.2) is 0 Å². The third-order valence-corrected chi connectivity index (χ3v) is 5.85. The molecule has 0 saturated carbocycles. The summed E-state index contributed by atoms with van der Waals surface area (Å²) in [5.41, 5.74) is 6.89. The van der Waals surface area contributed by atoms with Crippen LogP contribution in [0.5, 0.6) is 0 Å². The van der Waals surface area contributed by atoms with E-state index in [0.29, 0.717) is 12.5 Å². The van der Waals surface area contributed by atoms with Gasteiger partial charge >= 0.3 is 0 Å². The summed E-state index contributed by atoms with van der Waals surface area (Å²) >= 11 is 5.00. The number of amides is 1. The summed E-state index contributed by atoms with van der Waals surface area (Å²) in [6, 6.07) is 12.4. The molecule has 116 valence electrons. The molecule has 1 aliphatic rings. The molecule has 1 aromatic carbocycles. The van der Waals surface area contributed by atoms with Gasteiger partial charge in [0.25, 0.3) is 5.91 Å². The minimum Gasteiger partial charge on any atom is -0.335 e. The first kappa shape index (κ1) is 15.7. The Kier molecular flexibility index (Phi) is 4.66. The Morgan fingerprint density at radius 2 is 2.05 bits per heavy atom. The van der Waals surface area contributed by atoms with Crippen molar-refractivity contribution in [2.24, 2.45) is 11.7 Å². The van der Waals surface area contributed by atoms with Crippen LogP contribution < -0.4 is 5.73 Å². The molecule has 1 amide bonds. The number of likely N-dealkylation sites (tertiary alicyclic amines) is 1. The van der Waals surface area contributed by atoms with Crippen LogP contribution in [0.3, 0.4) is 0 Å². The second-order valence-electron chi connectivity index (χ2n) is 5.81. The zero-order valence-corrected chi connectivity index (χ0v) is 14.9. The van der Waals surface area contributed by atoms with Gasteiger partial charge in [-0.25, -0.2) is 0 Å². The minimum absolute atomic E-state index is 0.136. The first-order valence-electron chi connectivity index (χ1n) is 7.45. The smallest absolute Gasteiger partial charge is 0.264 e. The minimum atomic E-state index is 0.136. The van der Waals surface area contributed by atoms with E-state index in [2.05, 4.69) is 35.0 Å². The van der Waals surface area contributed by atoms with Crippen LogP contribution in [-0.4, -0.2) is 29.9 Å². The summed E-state index contributed by atoms with van der Waals surface area (Å²) in [5, 5.41) is 0. The van der Waals surface area contributed by atoms with E-state index >= 15 is 0 Å². The average Bonchev–Trinajstić information content (AvgIpc) is 3.14. The van der Waals surface area contributed by atoms with Crippen LogP contribution in [0.25, 0.3) is 10.4 Å². The lowest BCUT2D eigenvalue weighted by Crippen LogP contribution is -2.33. The van der Waals surface area contributed by atoms with Gasteiger partial charge in [0.05, 0.1) is 4.88 Å². The van der Waals surface area contributed by atoms with Crippen LogP contribution in [0.4, 0.5) is 0 Å². The molecule has 22 heavy (non-hydrogen) atoms. The van der Waals surface area contributed by atoms with Crippen LogP contribution in [-0.2, 0) is 0 Å². The fraction of sp³-hybridized carbons (Fsp3) is 0.353. The van der Waals surface area contributed by atoms with E-state index in [9.17, 15) is 4.79 Å². The number of carbonyl (C=O) groups is 1. The van der Waals surface area contributed by atoms with Crippen LogP contribution >= 0.6 is 27.3 Å². The fourth-order valence-corrected chi connectivity index (χ4v) is 4.19. The number of benzene rings is 1. The van der Waals surface area contributed by atoms with E-state index in [0.717, 1.165) is 32.8 Å². The molecule has 2 aromatic rings. The van der Waals surface area contributed by atoms with Gasteiger partial charge in [-0.15, -0.1) is 11.3 Å². The fourth-order valence-electron chi connectivity index (χ4n) is 2.96. The number of nitrogens with two attached hydrogens (primary N) is 1. The summed E-state index contributed by atoms with van der Waals surface area (Å²) in [6.45, 7) is 3.54. The van der Waals surface area contributed by atoms with Crippen molar-refractivity contribution in [3.8, 4) is 10.4 Å². The molecule has 1 aromatic heterocycles. The number of nitrogens with zero attached hydrogens (tertiary/aromatic N) is 1. The monoisotopic (exact) mass is 378 g/mol. The van der Waals surface area contributed by atoms with Gasteiger partial charge in [0.1, 0.15) is 0 Å². The Balaban J connectivity index is 1.79. The van der Waals surface area contributed by atoms with E-state index in [1.165, 1.54) is 0 Å². The predicted molar refractivity (Wildman–Crippen MR) is 95.1 cm³/mol. The molecule has 0 bridgehead atoms. The van der Waals surface area contributed by atoms with Crippen molar-refractivity contribution in [1.29, 1.82) is 0 Å². The second-order valence-corrected chi connectivity index (χ2v) is 7.81. The van der Waals surface area contributed by atoms with Crippen molar-refractivity contribution in [3.05, 3.63) is 45.7 Å². The van der Waals surface area contributed by atoms with Crippen molar-refractivity contribution in [1.82, 2.24) is 4.90 Å². The Morgan fingerprint density at radius 3 is 2.68 bits per heavy atom. The Bertz CT molecular complexity index is 668. The molecule has 5 heteroatoms. The number of hydrogen-bond donors (Lipinski definition) is 1. The number of thiophene rings is 1. The molecule has 1 aliphatic heterocycles. The molecule has 0 radical (unpaired) electrons. The molecule has 0 spiro atoms. The van der Waals surface area contributed by atoms with Crippen LogP contribution in [0, 0.1) is 5.92 Å². The Hall–Kier alpha value is -1.17. The molecule has 3 nitrogen and oxygen atoms in total. The van der Waals surface area contributed by atoms with Crippen LogP contribution in [0.15, 0.2) is 40.9 Å². The van der Waals surface area contributed by atoms with E-state index < -0.39 is 0 Å². The van der Waals surface area contributed by atoms with Crippen molar-refractivity contribution in [2.75, 3.05) is 13.1 Å². The topological polar surface area (TPSA) is 46.3 Å². The zero-order chi connectivity index (χ0) is 15.7. The number of carbonyl (C=O) groups excluding carboxylic acids is 1. The molecule has 2 heterocycles. The van der Waals surface area contributed by atoms with E-state index in [4.69, 9.17) is 5.73 Å². The van der Waals surface area contributed by atoms with Gasteiger partial charge in [-0.1, -0.05) is 28.1 Å². The lowest BCUT2D eigenvalue weighted by Gasteiger charge is -2.20. The highest BCUT2D eigenvalue weighted by Crippen LogP contribution is 2.32. The highest BCUT2D eigenvalue weighted by atomic mass is 79.9. The molecular formula is C17H19BrN2OS. The largest absolute Gasteiger partial charge is 0.335 e. The average molecular weight is 379 g/mol. The van der Waals surface area contributed by atoms with Crippen LogP contribution in [0.1, 0.15) is 23.0 Å².